The molecule has 4 rings (SSSR count). The Labute approximate surface area is 158 Å². The van der Waals surface area contributed by atoms with E-state index < -0.39 is 5.97 Å². The molecule has 0 aliphatic rings. The van der Waals surface area contributed by atoms with Gasteiger partial charge in [0.25, 0.3) is 0 Å². The van der Waals surface area contributed by atoms with Crippen LogP contribution in [-0.2, 0) is 18.4 Å². The van der Waals surface area contributed by atoms with Crippen LogP contribution in [0.3, 0.4) is 0 Å². The van der Waals surface area contributed by atoms with Crippen molar-refractivity contribution in [1.82, 2.24) is 14.8 Å². The topological polar surface area (TPSA) is 70.2 Å². The average Bonchev–Trinajstić information content (AvgIpc) is 3.33. The number of carbonyl (C=O) groups is 1. The van der Waals surface area contributed by atoms with Crippen molar-refractivity contribution in [2.75, 3.05) is 0 Å². The third-order valence-electron chi connectivity index (χ3n) is 3.94. The second-order valence-electron chi connectivity index (χ2n) is 5.82. The third-order valence-corrected chi connectivity index (χ3v) is 5.11. The maximum Gasteiger partial charge on any atom is 0.374 e. The molecule has 0 radical (unpaired) electrons. The first-order valence-electron chi connectivity index (χ1n) is 7.80. The quantitative estimate of drug-likeness (QED) is 0.478. The van der Waals surface area contributed by atoms with Crippen molar-refractivity contribution in [3.63, 3.8) is 0 Å². The van der Waals surface area contributed by atoms with Crippen molar-refractivity contribution in [2.24, 2.45) is 7.05 Å². The van der Waals surface area contributed by atoms with Crippen LogP contribution >= 0.6 is 22.9 Å². The van der Waals surface area contributed by atoms with E-state index in [4.69, 9.17) is 20.8 Å². The first-order chi connectivity index (χ1) is 12.5. The lowest BCUT2D eigenvalue weighted by molar-refractivity contribution is 0.0433. The number of aromatic nitrogens is 3. The predicted molar refractivity (Wildman–Crippen MR) is 99.4 cm³/mol. The zero-order chi connectivity index (χ0) is 18.3. The molecule has 4 aromatic rings. The van der Waals surface area contributed by atoms with Crippen LogP contribution in [0.2, 0.25) is 5.02 Å². The molecule has 26 heavy (non-hydrogen) atoms. The molecule has 0 saturated carbocycles. The first kappa shape index (κ1) is 16.8. The molecule has 8 heteroatoms. The van der Waals surface area contributed by atoms with E-state index in [1.54, 1.807) is 29.1 Å². The summed E-state index contributed by atoms with van der Waals surface area (Å²) >= 11 is 7.48. The molecule has 3 heterocycles. The van der Waals surface area contributed by atoms with Gasteiger partial charge in [0.05, 0.1) is 11.9 Å². The van der Waals surface area contributed by atoms with Crippen LogP contribution in [0.5, 0.6) is 0 Å². The van der Waals surface area contributed by atoms with Crippen molar-refractivity contribution < 1.29 is 13.9 Å². The van der Waals surface area contributed by atoms with Crippen LogP contribution in [0.1, 0.15) is 21.8 Å². The van der Waals surface area contributed by atoms with Gasteiger partial charge >= 0.3 is 5.97 Å². The molecule has 1 aromatic carbocycles. The molecular weight excluding hydrogens is 374 g/mol. The highest BCUT2D eigenvalue weighted by Gasteiger charge is 2.20. The van der Waals surface area contributed by atoms with Crippen LogP contribution in [0.4, 0.5) is 0 Å². The van der Waals surface area contributed by atoms with Gasteiger partial charge in [-0.1, -0.05) is 11.6 Å². The summed E-state index contributed by atoms with van der Waals surface area (Å²) in [7, 11) is 1.85. The molecule has 0 spiro atoms. The molecule has 0 unspecified atom stereocenters. The highest BCUT2D eigenvalue weighted by Crippen LogP contribution is 2.29. The van der Waals surface area contributed by atoms with Gasteiger partial charge < -0.3 is 9.15 Å². The fraction of sp³-hybridized carbons (Fsp3) is 0.167. The molecule has 0 N–H and O–H groups in total. The molecule has 3 aromatic heterocycles. The molecule has 0 aliphatic carbocycles. The van der Waals surface area contributed by atoms with Gasteiger partial charge in [0.1, 0.15) is 17.2 Å². The van der Waals surface area contributed by atoms with Crippen LogP contribution in [-0.4, -0.2) is 20.7 Å². The van der Waals surface area contributed by atoms with E-state index in [1.165, 1.54) is 11.3 Å². The van der Waals surface area contributed by atoms with Crippen molar-refractivity contribution in [2.45, 2.75) is 13.5 Å². The number of halogens is 1. The number of carbonyl (C=O) groups excluding carboxylic acids is 1. The number of thiazole rings is 1. The Morgan fingerprint density at radius 1 is 1.42 bits per heavy atom. The van der Waals surface area contributed by atoms with E-state index in [1.807, 2.05) is 25.5 Å². The fourth-order valence-electron chi connectivity index (χ4n) is 2.63. The normalized spacial score (nSPS) is 11.2. The predicted octanol–water partition coefficient (Wildman–Crippen LogP) is 4.61. The SMILES string of the molecule is Cc1c(C(=O)OCc2csc(-c3cnn(C)c3)n2)oc2ccc(Cl)cc12. The standard InChI is InChI=1S/C18H14ClN3O3S/c1-10-14-5-12(19)3-4-15(14)25-16(10)18(23)24-8-13-9-26-17(21-13)11-6-20-22(2)7-11/h3-7,9H,8H2,1-2H3. The van der Waals surface area contributed by atoms with Crippen molar-refractivity contribution >= 4 is 39.9 Å². The largest absolute Gasteiger partial charge is 0.453 e. The maximum atomic E-state index is 12.4. The lowest BCUT2D eigenvalue weighted by Gasteiger charge is -2.01. The number of aryl methyl sites for hydroxylation is 2. The minimum Gasteiger partial charge on any atom is -0.453 e. The summed E-state index contributed by atoms with van der Waals surface area (Å²) in [6, 6.07) is 5.23. The number of hydrogen-bond acceptors (Lipinski definition) is 6. The van der Waals surface area contributed by atoms with Crippen molar-refractivity contribution in [3.05, 3.63) is 58.0 Å². The summed E-state index contributed by atoms with van der Waals surface area (Å²) in [5.41, 5.74) is 2.92. The fourth-order valence-corrected chi connectivity index (χ4v) is 3.58. The van der Waals surface area contributed by atoms with Gasteiger partial charge in [-0.25, -0.2) is 9.78 Å². The molecular formula is C18H14ClN3O3S. The average molecular weight is 388 g/mol. The Hall–Kier alpha value is -2.64. The maximum absolute atomic E-state index is 12.4. The molecule has 0 bridgehead atoms. The second kappa shape index (κ2) is 6.59. The monoisotopic (exact) mass is 387 g/mol. The minimum atomic E-state index is -0.522. The highest BCUT2D eigenvalue weighted by atomic mass is 35.5. The Balaban J connectivity index is 1.49. The van der Waals surface area contributed by atoms with E-state index in [0.29, 0.717) is 21.9 Å². The Morgan fingerprint density at radius 2 is 2.27 bits per heavy atom. The number of ether oxygens (including phenoxy) is 1. The van der Waals surface area contributed by atoms with Gasteiger partial charge in [0.2, 0.25) is 5.76 Å². The van der Waals surface area contributed by atoms with Gasteiger partial charge in [-0.3, -0.25) is 4.68 Å². The lowest BCUT2D eigenvalue weighted by atomic mass is 10.1. The molecule has 0 aliphatic heterocycles. The van der Waals surface area contributed by atoms with Gasteiger partial charge in [-0.15, -0.1) is 11.3 Å². The first-order valence-corrected chi connectivity index (χ1v) is 9.06. The number of nitrogens with zero attached hydrogens (tertiary/aromatic N) is 3. The molecule has 0 amide bonds. The van der Waals surface area contributed by atoms with E-state index in [9.17, 15) is 4.79 Å². The Bertz CT molecular complexity index is 1110. The molecule has 0 atom stereocenters. The zero-order valence-corrected chi connectivity index (χ0v) is 15.6. The summed E-state index contributed by atoms with van der Waals surface area (Å²) in [4.78, 5) is 16.9. The van der Waals surface area contributed by atoms with Gasteiger partial charge in [-0.05, 0) is 25.1 Å². The molecule has 132 valence electrons. The van der Waals surface area contributed by atoms with E-state index in [-0.39, 0.29) is 12.4 Å². The van der Waals surface area contributed by atoms with Gasteiger partial charge in [0, 0.05) is 40.2 Å². The summed E-state index contributed by atoms with van der Waals surface area (Å²) in [5.74, 6) is -0.337. The van der Waals surface area contributed by atoms with Crippen LogP contribution in [0.25, 0.3) is 21.5 Å². The molecule has 6 nitrogen and oxygen atoms in total. The summed E-state index contributed by atoms with van der Waals surface area (Å²) in [6.07, 6.45) is 3.63. The Kier molecular flexibility index (Phi) is 4.26. The zero-order valence-electron chi connectivity index (χ0n) is 14.0. The van der Waals surface area contributed by atoms with E-state index in [0.717, 1.165) is 16.0 Å². The number of furan rings is 1. The number of benzene rings is 1. The van der Waals surface area contributed by atoms with Crippen molar-refractivity contribution in [1.29, 1.82) is 0 Å². The van der Waals surface area contributed by atoms with Crippen LogP contribution < -0.4 is 0 Å². The van der Waals surface area contributed by atoms with E-state index in [2.05, 4.69) is 10.1 Å². The molecule has 0 saturated heterocycles. The van der Waals surface area contributed by atoms with Crippen LogP contribution in [0, 0.1) is 6.92 Å². The summed E-state index contributed by atoms with van der Waals surface area (Å²) in [6.45, 7) is 1.88. The third kappa shape index (κ3) is 3.11. The Morgan fingerprint density at radius 3 is 3.04 bits per heavy atom. The number of hydrogen-bond donors (Lipinski definition) is 0. The lowest BCUT2D eigenvalue weighted by Crippen LogP contribution is -2.05. The smallest absolute Gasteiger partial charge is 0.374 e. The van der Waals surface area contributed by atoms with Crippen LogP contribution in [0.15, 0.2) is 40.4 Å². The number of esters is 1. The highest BCUT2D eigenvalue weighted by molar-refractivity contribution is 7.13. The number of rotatable bonds is 4. The van der Waals surface area contributed by atoms with Gasteiger partial charge in [-0.2, -0.15) is 5.10 Å². The minimum absolute atomic E-state index is 0.0762. The van der Waals surface area contributed by atoms with E-state index >= 15 is 0 Å². The summed E-state index contributed by atoms with van der Waals surface area (Å²) < 4.78 is 12.7. The van der Waals surface area contributed by atoms with Gasteiger partial charge in [0.15, 0.2) is 0 Å². The van der Waals surface area contributed by atoms with Crippen molar-refractivity contribution in [3.8, 4) is 10.6 Å². The molecule has 0 fully saturated rings. The summed E-state index contributed by atoms with van der Waals surface area (Å²) in [5, 5.41) is 8.22. The second-order valence-corrected chi connectivity index (χ2v) is 7.11. The number of fused-ring (bicyclic) bond motifs is 1.